The number of phenols is 2. The molecule has 0 aliphatic carbocycles. The maximum Gasteiger partial charge on any atom is 0.257 e. The minimum absolute atomic E-state index is 0. The summed E-state index contributed by atoms with van der Waals surface area (Å²) in [6.45, 7) is 0. The fourth-order valence-electron chi connectivity index (χ4n) is 0.945. The number of rotatable bonds is 2. The molecule has 80 valence electrons. The van der Waals surface area contributed by atoms with E-state index >= 15 is 0 Å². The number of nitrogens with two attached hydrogens (primary N) is 1. The Bertz CT molecular complexity index is 309. The summed E-state index contributed by atoms with van der Waals surface area (Å²) in [5.41, 5.74) is 4.93. The third kappa shape index (κ3) is 2.71. The lowest BCUT2D eigenvalue weighted by molar-refractivity contribution is 0.115. The molecule has 0 saturated heterocycles. The molecule has 0 heterocycles. The number of hydrogen-bond donors (Lipinski definition) is 3. The summed E-state index contributed by atoms with van der Waals surface area (Å²) < 4.78 is 24.2. The Hall–Kier alpha value is -1.07. The van der Waals surface area contributed by atoms with Crippen molar-refractivity contribution in [2.75, 3.05) is 0 Å². The van der Waals surface area contributed by atoms with Crippen LogP contribution in [0.15, 0.2) is 18.2 Å². The molecule has 4 N–H and O–H groups in total. The zero-order valence-electron chi connectivity index (χ0n) is 7.02. The minimum Gasteiger partial charge on any atom is -0.508 e. The van der Waals surface area contributed by atoms with Crippen LogP contribution < -0.4 is 5.73 Å². The van der Waals surface area contributed by atoms with Crippen molar-refractivity contribution in [3.63, 3.8) is 0 Å². The zero-order chi connectivity index (χ0) is 10.0. The Labute approximate surface area is 85.6 Å². The molecular formula is C8H10ClF2NO2. The summed E-state index contributed by atoms with van der Waals surface area (Å²) >= 11 is 0. The molecule has 1 aromatic rings. The van der Waals surface area contributed by atoms with Crippen LogP contribution in [0.5, 0.6) is 11.5 Å². The fraction of sp³-hybridized carbons (Fsp3) is 0.250. The second kappa shape index (κ2) is 4.97. The molecule has 0 aliphatic heterocycles. The van der Waals surface area contributed by atoms with Crippen molar-refractivity contribution in [3.8, 4) is 11.5 Å². The Balaban J connectivity index is 0.00000169. The van der Waals surface area contributed by atoms with E-state index < -0.39 is 12.5 Å². The van der Waals surface area contributed by atoms with Crippen LogP contribution in [0.25, 0.3) is 0 Å². The van der Waals surface area contributed by atoms with E-state index in [-0.39, 0.29) is 29.5 Å². The Morgan fingerprint density at radius 3 is 2.29 bits per heavy atom. The maximum absolute atomic E-state index is 12.1. The molecule has 0 radical (unpaired) electrons. The lowest BCUT2D eigenvalue weighted by atomic mass is 10.1. The lowest BCUT2D eigenvalue weighted by Crippen LogP contribution is -2.18. The van der Waals surface area contributed by atoms with Gasteiger partial charge in [-0.1, -0.05) is 0 Å². The summed E-state index contributed by atoms with van der Waals surface area (Å²) in [6.07, 6.45) is -2.77. The first-order valence-electron chi connectivity index (χ1n) is 3.58. The predicted molar refractivity (Wildman–Crippen MR) is 50.0 cm³/mol. The zero-order valence-corrected chi connectivity index (χ0v) is 7.84. The van der Waals surface area contributed by atoms with Gasteiger partial charge in [-0.15, -0.1) is 12.4 Å². The lowest BCUT2D eigenvalue weighted by Gasteiger charge is -2.12. The van der Waals surface area contributed by atoms with Crippen LogP contribution in [0.1, 0.15) is 11.6 Å². The molecule has 0 fully saturated rings. The van der Waals surface area contributed by atoms with E-state index in [1.165, 1.54) is 6.07 Å². The number of benzene rings is 1. The summed E-state index contributed by atoms with van der Waals surface area (Å²) in [4.78, 5) is 0. The summed E-state index contributed by atoms with van der Waals surface area (Å²) in [5.74, 6) is -0.547. The average Bonchev–Trinajstić information content (AvgIpc) is 2.08. The monoisotopic (exact) mass is 225 g/mol. The van der Waals surface area contributed by atoms with Gasteiger partial charge in [0.1, 0.15) is 11.5 Å². The standard InChI is InChI=1S/C8H9F2NO2.ClH/c9-8(10)7(11)5-3-4(12)1-2-6(5)13;/h1-3,7-8,12-13H,11H2;1H/t7-;/m0./s1. The van der Waals surface area contributed by atoms with Crippen LogP contribution in [0.3, 0.4) is 0 Å². The molecule has 0 aliphatic rings. The van der Waals surface area contributed by atoms with E-state index in [0.717, 1.165) is 12.1 Å². The highest BCUT2D eigenvalue weighted by molar-refractivity contribution is 5.85. The first-order valence-corrected chi connectivity index (χ1v) is 3.58. The van der Waals surface area contributed by atoms with Crippen LogP contribution in [0.2, 0.25) is 0 Å². The Kier molecular flexibility index (Phi) is 4.59. The molecule has 0 spiro atoms. The maximum atomic E-state index is 12.1. The molecule has 1 atom stereocenters. The SMILES string of the molecule is Cl.N[C@@H](c1cc(O)ccc1O)C(F)F. The molecule has 0 amide bonds. The van der Waals surface area contributed by atoms with Crippen molar-refractivity contribution < 1.29 is 19.0 Å². The van der Waals surface area contributed by atoms with Crippen molar-refractivity contribution in [2.45, 2.75) is 12.5 Å². The highest BCUT2D eigenvalue weighted by Gasteiger charge is 2.20. The summed E-state index contributed by atoms with van der Waals surface area (Å²) in [6, 6.07) is 1.75. The van der Waals surface area contributed by atoms with Gasteiger partial charge in [0.15, 0.2) is 0 Å². The average molecular weight is 226 g/mol. The van der Waals surface area contributed by atoms with E-state index in [9.17, 15) is 8.78 Å². The van der Waals surface area contributed by atoms with Gasteiger partial charge in [-0.3, -0.25) is 0 Å². The number of alkyl halides is 2. The minimum atomic E-state index is -2.77. The van der Waals surface area contributed by atoms with Gasteiger partial charge in [0, 0.05) is 5.56 Å². The van der Waals surface area contributed by atoms with Gasteiger partial charge >= 0.3 is 0 Å². The highest BCUT2D eigenvalue weighted by atomic mass is 35.5. The van der Waals surface area contributed by atoms with E-state index in [1.54, 1.807) is 0 Å². The second-order valence-electron chi connectivity index (χ2n) is 2.60. The third-order valence-corrected chi connectivity index (χ3v) is 1.64. The van der Waals surface area contributed by atoms with Gasteiger partial charge < -0.3 is 15.9 Å². The molecule has 0 saturated carbocycles. The second-order valence-corrected chi connectivity index (χ2v) is 2.60. The third-order valence-electron chi connectivity index (χ3n) is 1.64. The first kappa shape index (κ1) is 12.9. The Morgan fingerprint density at radius 2 is 1.79 bits per heavy atom. The topological polar surface area (TPSA) is 66.5 Å². The summed E-state index contributed by atoms with van der Waals surface area (Å²) in [5, 5.41) is 18.1. The number of phenolic OH excluding ortho intramolecular Hbond substituents is 2. The van der Waals surface area contributed by atoms with Gasteiger partial charge in [0.2, 0.25) is 0 Å². The molecular weight excluding hydrogens is 216 g/mol. The molecule has 0 bridgehead atoms. The van der Waals surface area contributed by atoms with Crippen LogP contribution in [0, 0.1) is 0 Å². The number of hydrogen-bond acceptors (Lipinski definition) is 3. The Morgan fingerprint density at radius 1 is 1.21 bits per heavy atom. The van der Waals surface area contributed by atoms with Gasteiger partial charge in [0.25, 0.3) is 6.43 Å². The van der Waals surface area contributed by atoms with Crippen LogP contribution in [-0.2, 0) is 0 Å². The molecule has 1 aromatic carbocycles. The van der Waals surface area contributed by atoms with Crippen molar-refractivity contribution in [3.05, 3.63) is 23.8 Å². The van der Waals surface area contributed by atoms with E-state index in [2.05, 4.69) is 0 Å². The van der Waals surface area contributed by atoms with Crippen molar-refractivity contribution in [1.29, 1.82) is 0 Å². The van der Waals surface area contributed by atoms with Gasteiger partial charge in [-0.25, -0.2) is 8.78 Å². The normalized spacial score (nSPS) is 12.3. The quantitative estimate of drug-likeness (QED) is 0.673. The van der Waals surface area contributed by atoms with Gasteiger partial charge in [-0.2, -0.15) is 0 Å². The predicted octanol–water partition coefficient (Wildman–Crippen LogP) is 1.78. The number of aromatic hydroxyl groups is 2. The van der Waals surface area contributed by atoms with E-state index in [0.29, 0.717) is 0 Å². The largest absolute Gasteiger partial charge is 0.508 e. The molecule has 0 aromatic heterocycles. The van der Waals surface area contributed by atoms with Crippen molar-refractivity contribution >= 4 is 12.4 Å². The molecule has 14 heavy (non-hydrogen) atoms. The van der Waals surface area contributed by atoms with Gasteiger partial charge in [-0.05, 0) is 18.2 Å². The smallest absolute Gasteiger partial charge is 0.257 e. The van der Waals surface area contributed by atoms with Crippen LogP contribution in [0.4, 0.5) is 8.78 Å². The summed E-state index contributed by atoms with van der Waals surface area (Å²) in [7, 11) is 0. The van der Waals surface area contributed by atoms with Crippen LogP contribution >= 0.6 is 12.4 Å². The molecule has 1 rings (SSSR count). The van der Waals surface area contributed by atoms with E-state index in [1.807, 2.05) is 0 Å². The number of halogens is 3. The highest BCUT2D eigenvalue weighted by Crippen LogP contribution is 2.29. The first-order chi connectivity index (χ1) is 6.02. The van der Waals surface area contributed by atoms with E-state index in [4.69, 9.17) is 15.9 Å². The van der Waals surface area contributed by atoms with Crippen molar-refractivity contribution in [1.82, 2.24) is 0 Å². The molecule has 6 heteroatoms. The van der Waals surface area contributed by atoms with Crippen LogP contribution in [-0.4, -0.2) is 16.6 Å². The fourth-order valence-corrected chi connectivity index (χ4v) is 0.945. The molecule has 3 nitrogen and oxygen atoms in total. The van der Waals surface area contributed by atoms with Crippen molar-refractivity contribution in [2.24, 2.45) is 5.73 Å². The van der Waals surface area contributed by atoms with Gasteiger partial charge in [0.05, 0.1) is 6.04 Å². The molecule has 0 unspecified atom stereocenters.